The van der Waals surface area contributed by atoms with E-state index in [4.69, 9.17) is 4.74 Å². The van der Waals surface area contributed by atoms with Gasteiger partial charge in [0.2, 0.25) is 0 Å². The Balaban J connectivity index is 1.32. The normalized spacial score (nSPS) is 53.9. The molecule has 0 unspecified atom stereocenters. The number of esters is 1. The van der Waals surface area contributed by atoms with E-state index in [0.717, 1.165) is 43.6 Å². The van der Waals surface area contributed by atoms with Gasteiger partial charge in [-0.25, -0.2) is 0 Å². The molecule has 1 N–H and O–H groups in total. The monoisotopic (exact) mass is 290 g/mol. The number of rotatable bonds is 2. The zero-order chi connectivity index (χ0) is 14.0. The van der Waals surface area contributed by atoms with E-state index in [1.807, 2.05) is 0 Å². The highest BCUT2D eigenvalue weighted by molar-refractivity contribution is 5.77. The van der Waals surface area contributed by atoms with Gasteiger partial charge in [-0.2, -0.15) is 0 Å². The number of nitrogens with one attached hydrogen (secondary N) is 1. The number of carbonyl (C=O) groups is 1. The fourth-order valence-corrected chi connectivity index (χ4v) is 6.84. The zero-order valence-electron chi connectivity index (χ0n) is 13.0. The molecule has 0 aromatic rings. The van der Waals surface area contributed by atoms with Gasteiger partial charge in [0.25, 0.3) is 0 Å². The SMILES string of the molecule is O=C(O[C@@H]1C[NH+]2CCC1CC2)C12CC3CC(CC(C3)C1)C2. The molecule has 7 fully saturated rings. The van der Waals surface area contributed by atoms with Gasteiger partial charge in [-0.1, -0.05) is 0 Å². The third-order valence-corrected chi connectivity index (χ3v) is 7.48. The highest BCUT2D eigenvalue weighted by atomic mass is 16.5. The third kappa shape index (κ3) is 1.99. The first-order valence-corrected chi connectivity index (χ1v) is 9.25. The van der Waals surface area contributed by atoms with E-state index >= 15 is 0 Å². The predicted molar refractivity (Wildman–Crippen MR) is 78.8 cm³/mol. The summed E-state index contributed by atoms with van der Waals surface area (Å²) in [5.74, 6) is 3.38. The molecule has 1 atom stereocenters. The first-order valence-electron chi connectivity index (χ1n) is 9.25. The summed E-state index contributed by atoms with van der Waals surface area (Å²) in [6.07, 6.45) is 10.4. The van der Waals surface area contributed by atoms with Crippen LogP contribution in [0.4, 0.5) is 0 Å². The molecule has 0 spiro atoms. The Morgan fingerprint density at radius 1 is 0.952 bits per heavy atom. The first kappa shape index (κ1) is 12.9. The van der Waals surface area contributed by atoms with Crippen molar-refractivity contribution in [3.63, 3.8) is 0 Å². The summed E-state index contributed by atoms with van der Waals surface area (Å²) in [7, 11) is 0. The average Bonchev–Trinajstić information content (AvgIpc) is 2.47. The van der Waals surface area contributed by atoms with Crippen molar-refractivity contribution in [2.45, 2.75) is 57.5 Å². The van der Waals surface area contributed by atoms with Crippen LogP contribution in [-0.2, 0) is 9.53 Å². The fourth-order valence-electron chi connectivity index (χ4n) is 6.84. The van der Waals surface area contributed by atoms with Gasteiger partial charge in [-0.05, 0) is 56.3 Å². The average molecular weight is 290 g/mol. The first-order chi connectivity index (χ1) is 10.2. The summed E-state index contributed by atoms with van der Waals surface area (Å²) in [5, 5.41) is 0. The van der Waals surface area contributed by atoms with Crippen LogP contribution < -0.4 is 4.90 Å². The van der Waals surface area contributed by atoms with Crippen molar-refractivity contribution in [1.29, 1.82) is 0 Å². The molecule has 21 heavy (non-hydrogen) atoms. The van der Waals surface area contributed by atoms with Crippen molar-refractivity contribution in [1.82, 2.24) is 0 Å². The van der Waals surface area contributed by atoms with E-state index in [1.54, 1.807) is 4.90 Å². The number of carbonyl (C=O) groups excluding carboxylic acids is 1. The van der Waals surface area contributed by atoms with Gasteiger partial charge < -0.3 is 9.64 Å². The molecule has 4 saturated carbocycles. The molecule has 0 amide bonds. The molecule has 0 aromatic heterocycles. The molecule has 0 aromatic carbocycles. The Hall–Kier alpha value is -0.570. The second kappa shape index (κ2) is 4.47. The molecule has 3 heteroatoms. The number of hydrogen-bond acceptors (Lipinski definition) is 2. The lowest BCUT2D eigenvalue weighted by atomic mass is 9.49. The third-order valence-electron chi connectivity index (χ3n) is 7.48. The summed E-state index contributed by atoms with van der Waals surface area (Å²) in [6, 6.07) is 0. The van der Waals surface area contributed by atoms with Crippen LogP contribution in [0, 0.1) is 29.1 Å². The molecule has 6 bridgehead atoms. The van der Waals surface area contributed by atoms with Crippen LogP contribution in [0.5, 0.6) is 0 Å². The Bertz CT molecular complexity index is 417. The van der Waals surface area contributed by atoms with Crippen LogP contribution in [0.25, 0.3) is 0 Å². The Labute approximate surface area is 127 Å². The molecule has 4 aliphatic carbocycles. The maximum Gasteiger partial charge on any atom is 0.312 e. The molecule has 3 saturated heterocycles. The van der Waals surface area contributed by atoms with Crippen LogP contribution in [0.15, 0.2) is 0 Å². The summed E-state index contributed by atoms with van der Waals surface area (Å²) >= 11 is 0. The number of fused-ring (bicyclic) bond motifs is 3. The van der Waals surface area contributed by atoms with Crippen molar-refractivity contribution in [2.75, 3.05) is 19.6 Å². The maximum absolute atomic E-state index is 13.0. The van der Waals surface area contributed by atoms with Gasteiger partial charge in [-0.15, -0.1) is 0 Å². The summed E-state index contributed by atoms with van der Waals surface area (Å²) in [6.45, 7) is 3.69. The van der Waals surface area contributed by atoms with Crippen LogP contribution in [0.2, 0.25) is 0 Å². The van der Waals surface area contributed by atoms with Gasteiger partial charge in [0.05, 0.1) is 18.5 Å². The quantitative estimate of drug-likeness (QED) is 0.780. The Kier molecular flexibility index (Phi) is 2.75. The highest BCUT2D eigenvalue weighted by Crippen LogP contribution is 2.60. The second-order valence-electron chi connectivity index (χ2n) is 8.93. The standard InChI is InChI=1S/C18H27NO2/c20-17(21-16-11-19-3-1-15(16)2-4-19)18-8-12-5-13(9-18)7-14(6-12)10-18/h12-16H,1-11H2/p+1/t12?,13?,14?,16-,18?/m1/s1. The van der Waals surface area contributed by atoms with E-state index in [0.29, 0.717) is 5.92 Å². The van der Waals surface area contributed by atoms with Crippen LogP contribution in [0.1, 0.15) is 51.4 Å². The Morgan fingerprint density at radius 2 is 1.52 bits per heavy atom. The fraction of sp³-hybridized carbons (Fsp3) is 0.944. The van der Waals surface area contributed by atoms with Crippen molar-refractivity contribution in [2.24, 2.45) is 29.1 Å². The number of piperidine rings is 3. The van der Waals surface area contributed by atoms with E-state index in [9.17, 15) is 4.79 Å². The van der Waals surface area contributed by atoms with Gasteiger partial charge in [-0.3, -0.25) is 4.79 Å². The lowest BCUT2D eigenvalue weighted by Gasteiger charge is -2.55. The van der Waals surface area contributed by atoms with E-state index in [2.05, 4.69) is 0 Å². The molecule has 3 heterocycles. The molecule has 3 nitrogen and oxygen atoms in total. The minimum absolute atomic E-state index is 0.0594. The zero-order valence-corrected chi connectivity index (χ0v) is 13.0. The van der Waals surface area contributed by atoms with Crippen molar-refractivity contribution < 1.29 is 14.4 Å². The summed E-state index contributed by atoms with van der Waals surface area (Å²) in [5.41, 5.74) is -0.0594. The number of ether oxygens (including phenoxy) is 1. The van der Waals surface area contributed by atoms with Gasteiger partial charge >= 0.3 is 5.97 Å². The number of quaternary nitrogens is 1. The molecule has 7 rings (SSSR count). The van der Waals surface area contributed by atoms with Crippen LogP contribution >= 0.6 is 0 Å². The molecule has 0 radical (unpaired) electrons. The highest BCUT2D eigenvalue weighted by Gasteiger charge is 2.56. The smallest absolute Gasteiger partial charge is 0.312 e. The molecule has 116 valence electrons. The predicted octanol–water partition coefficient (Wildman–Crippen LogP) is 1.42. The van der Waals surface area contributed by atoms with E-state index < -0.39 is 0 Å². The lowest BCUT2D eigenvalue weighted by molar-refractivity contribution is -0.920. The van der Waals surface area contributed by atoms with E-state index in [-0.39, 0.29) is 17.5 Å². The topological polar surface area (TPSA) is 30.7 Å². The van der Waals surface area contributed by atoms with Crippen LogP contribution in [0.3, 0.4) is 0 Å². The van der Waals surface area contributed by atoms with Gasteiger partial charge in [0.15, 0.2) is 6.10 Å². The van der Waals surface area contributed by atoms with Crippen molar-refractivity contribution in [3.8, 4) is 0 Å². The second-order valence-corrected chi connectivity index (χ2v) is 8.93. The number of hydrogen-bond donors (Lipinski definition) is 1. The lowest BCUT2D eigenvalue weighted by Crippen LogP contribution is -3.16. The summed E-state index contributed by atoms with van der Waals surface area (Å²) in [4.78, 5) is 14.7. The van der Waals surface area contributed by atoms with Crippen molar-refractivity contribution in [3.05, 3.63) is 0 Å². The molecular weight excluding hydrogens is 262 g/mol. The van der Waals surface area contributed by atoms with Crippen LogP contribution in [-0.4, -0.2) is 31.7 Å². The minimum Gasteiger partial charge on any atom is -0.456 e. The van der Waals surface area contributed by atoms with E-state index in [1.165, 1.54) is 45.2 Å². The van der Waals surface area contributed by atoms with Gasteiger partial charge in [0.1, 0.15) is 6.54 Å². The molecule has 7 aliphatic rings. The van der Waals surface area contributed by atoms with Gasteiger partial charge in [0, 0.05) is 18.8 Å². The Morgan fingerprint density at radius 3 is 2.00 bits per heavy atom. The van der Waals surface area contributed by atoms with Crippen molar-refractivity contribution >= 4 is 5.97 Å². The minimum atomic E-state index is -0.0594. The summed E-state index contributed by atoms with van der Waals surface area (Å²) < 4.78 is 6.15. The molecule has 3 aliphatic heterocycles. The molecular formula is C18H28NO2+. The maximum atomic E-state index is 13.0. The largest absolute Gasteiger partial charge is 0.456 e.